The molecule has 1 N–H and O–H groups in total. The highest BCUT2D eigenvalue weighted by molar-refractivity contribution is 6.31. The number of carbonyl (C=O) groups excluding carboxylic acids is 1. The van der Waals surface area contributed by atoms with Gasteiger partial charge in [-0.05, 0) is 12.1 Å². The first-order valence-electron chi connectivity index (χ1n) is 3.64. The Labute approximate surface area is 80.9 Å². The van der Waals surface area contributed by atoms with Crippen LogP contribution in [0.3, 0.4) is 0 Å². The smallest absolute Gasteiger partial charge is 0.207 e. The van der Waals surface area contributed by atoms with Gasteiger partial charge in [-0.15, -0.1) is 0 Å². The van der Waals surface area contributed by atoms with Gasteiger partial charge in [0.2, 0.25) is 6.41 Å². The van der Waals surface area contributed by atoms with Crippen molar-refractivity contribution < 1.29 is 4.79 Å². The fraction of sp³-hybridized carbons (Fsp3) is 0.111. The van der Waals surface area contributed by atoms with Gasteiger partial charge >= 0.3 is 0 Å². The molecule has 0 spiro atoms. The number of nitrogens with zero attached hydrogens (tertiary/aromatic N) is 1. The average molecular weight is 195 g/mol. The highest BCUT2D eigenvalue weighted by Gasteiger charge is 2.04. The summed E-state index contributed by atoms with van der Waals surface area (Å²) in [6.45, 7) is 0.284. The summed E-state index contributed by atoms with van der Waals surface area (Å²) in [5.74, 6) is 0. The van der Waals surface area contributed by atoms with Gasteiger partial charge in [0.05, 0.1) is 11.6 Å². The van der Waals surface area contributed by atoms with Crippen molar-refractivity contribution in [2.75, 3.05) is 0 Å². The minimum Gasteiger partial charge on any atom is -0.354 e. The first kappa shape index (κ1) is 9.56. The summed E-state index contributed by atoms with van der Waals surface area (Å²) in [4.78, 5) is 10.1. The van der Waals surface area contributed by atoms with Crippen molar-refractivity contribution in [2.24, 2.45) is 0 Å². The molecule has 1 rings (SSSR count). The number of hydrogen-bond donors (Lipinski definition) is 1. The third kappa shape index (κ3) is 2.20. The Hall–Kier alpha value is -1.53. The second kappa shape index (κ2) is 4.48. The van der Waals surface area contributed by atoms with E-state index in [9.17, 15) is 4.79 Å². The van der Waals surface area contributed by atoms with E-state index in [1.165, 1.54) is 0 Å². The molecule has 0 aromatic heterocycles. The van der Waals surface area contributed by atoms with Crippen molar-refractivity contribution in [3.8, 4) is 6.07 Å². The Kier molecular flexibility index (Phi) is 3.30. The van der Waals surface area contributed by atoms with Gasteiger partial charge in [0.25, 0.3) is 0 Å². The monoisotopic (exact) mass is 194 g/mol. The lowest BCUT2D eigenvalue weighted by Crippen LogP contribution is -2.11. The maximum atomic E-state index is 10.1. The Morgan fingerprint density at radius 1 is 1.62 bits per heavy atom. The zero-order chi connectivity index (χ0) is 9.68. The fourth-order valence-electron chi connectivity index (χ4n) is 0.987. The lowest BCUT2D eigenvalue weighted by molar-refractivity contribution is -0.109. The first-order chi connectivity index (χ1) is 6.29. The number of benzene rings is 1. The second-order valence-electron chi connectivity index (χ2n) is 2.38. The lowest BCUT2D eigenvalue weighted by Gasteiger charge is -2.04. The number of nitrogens with one attached hydrogen (secondary N) is 1. The predicted octanol–water partition coefficient (Wildman–Crippen LogP) is 1.46. The molecule has 0 saturated heterocycles. The summed E-state index contributed by atoms with van der Waals surface area (Å²) in [5.41, 5.74) is 1.14. The van der Waals surface area contributed by atoms with Crippen molar-refractivity contribution in [2.45, 2.75) is 6.54 Å². The topological polar surface area (TPSA) is 52.9 Å². The summed E-state index contributed by atoms with van der Waals surface area (Å²) in [6, 6.07) is 7.05. The van der Waals surface area contributed by atoms with Gasteiger partial charge in [0, 0.05) is 17.1 Å². The highest BCUT2D eigenvalue weighted by atomic mass is 35.5. The van der Waals surface area contributed by atoms with Gasteiger partial charge in [-0.1, -0.05) is 17.7 Å². The summed E-state index contributed by atoms with van der Waals surface area (Å²) in [6.07, 6.45) is 0.574. The van der Waals surface area contributed by atoms with Gasteiger partial charge in [-0.3, -0.25) is 4.79 Å². The molecule has 66 valence electrons. The SMILES string of the molecule is N#Cc1cccc(Cl)c1CNC=O. The van der Waals surface area contributed by atoms with Gasteiger partial charge in [0.1, 0.15) is 0 Å². The largest absolute Gasteiger partial charge is 0.354 e. The van der Waals surface area contributed by atoms with Crippen molar-refractivity contribution in [3.05, 3.63) is 34.3 Å². The molecule has 0 aliphatic rings. The predicted molar refractivity (Wildman–Crippen MR) is 49.1 cm³/mol. The number of carbonyl (C=O) groups is 1. The minimum absolute atomic E-state index is 0.284. The molecule has 0 atom stereocenters. The normalized spacial score (nSPS) is 8.92. The average Bonchev–Trinajstić information content (AvgIpc) is 2.15. The molecule has 4 heteroatoms. The van der Waals surface area contributed by atoms with Gasteiger partial charge < -0.3 is 5.32 Å². The van der Waals surface area contributed by atoms with Crippen LogP contribution in [-0.4, -0.2) is 6.41 Å². The molecule has 0 fully saturated rings. The number of halogens is 1. The van der Waals surface area contributed by atoms with Crippen LogP contribution in [0.15, 0.2) is 18.2 Å². The van der Waals surface area contributed by atoms with E-state index in [0.717, 1.165) is 0 Å². The molecule has 1 amide bonds. The minimum atomic E-state index is 0.284. The Morgan fingerprint density at radius 2 is 2.38 bits per heavy atom. The van der Waals surface area contributed by atoms with E-state index in [1.54, 1.807) is 18.2 Å². The first-order valence-corrected chi connectivity index (χ1v) is 4.02. The van der Waals surface area contributed by atoms with E-state index >= 15 is 0 Å². The van der Waals surface area contributed by atoms with Crippen LogP contribution in [-0.2, 0) is 11.3 Å². The standard InChI is InChI=1S/C9H7ClN2O/c10-9-3-1-2-7(4-11)8(9)5-12-6-13/h1-3,6H,5H2,(H,12,13). The van der Waals surface area contributed by atoms with E-state index in [-0.39, 0.29) is 6.54 Å². The molecule has 0 unspecified atom stereocenters. The van der Waals surface area contributed by atoms with Crippen LogP contribution in [0, 0.1) is 11.3 Å². The van der Waals surface area contributed by atoms with Crippen molar-refractivity contribution in [1.82, 2.24) is 5.32 Å². The maximum absolute atomic E-state index is 10.1. The Morgan fingerprint density at radius 3 is 3.00 bits per heavy atom. The van der Waals surface area contributed by atoms with Crippen LogP contribution < -0.4 is 5.32 Å². The van der Waals surface area contributed by atoms with E-state index in [4.69, 9.17) is 16.9 Å². The van der Waals surface area contributed by atoms with Gasteiger partial charge in [0.15, 0.2) is 0 Å². The molecule has 0 saturated carbocycles. The molecular weight excluding hydrogens is 188 g/mol. The highest BCUT2D eigenvalue weighted by Crippen LogP contribution is 2.18. The summed E-state index contributed by atoms with van der Waals surface area (Å²) in [7, 11) is 0. The molecule has 0 bridgehead atoms. The molecule has 13 heavy (non-hydrogen) atoms. The Bertz CT molecular complexity index is 357. The maximum Gasteiger partial charge on any atom is 0.207 e. The van der Waals surface area contributed by atoms with E-state index in [0.29, 0.717) is 22.6 Å². The summed E-state index contributed by atoms with van der Waals surface area (Å²) < 4.78 is 0. The zero-order valence-electron chi connectivity index (χ0n) is 6.75. The quantitative estimate of drug-likeness (QED) is 0.741. The number of rotatable bonds is 3. The molecule has 1 aromatic carbocycles. The van der Waals surface area contributed by atoms with Crippen molar-refractivity contribution in [3.63, 3.8) is 0 Å². The number of hydrogen-bond acceptors (Lipinski definition) is 2. The van der Waals surface area contributed by atoms with Gasteiger partial charge in [-0.25, -0.2) is 0 Å². The second-order valence-corrected chi connectivity index (χ2v) is 2.78. The molecule has 3 nitrogen and oxygen atoms in total. The van der Waals surface area contributed by atoms with Gasteiger partial charge in [-0.2, -0.15) is 5.26 Å². The molecule has 0 aliphatic carbocycles. The molecular formula is C9H7ClN2O. The van der Waals surface area contributed by atoms with E-state index < -0.39 is 0 Å². The van der Waals surface area contributed by atoms with Crippen LogP contribution in [0.25, 0.3) is 0 Å². The molecule has 0 radical (unpaired) electrons. The third-order valence-corrected chi connectivity index (χ3v) is 1.96. The van der Waals surface area contributed by atoms with Crippen molar-refractivity contribution >= 4 is 18.0 Å². The summed E-state index contributed by atoms with van der Waals surface area (Å²) >= 11 is 5.84. The molecule has 0 heterocycles. The van der Waals surface area contributed by atoms with Crippen LogP contribution in [0.2, 0.25) is 5.02 Å². The van der Waals surface area contributed by atoms with E-state index in [1.807, 2.05) is 6.07 Å². The fourth-order valence-corrected chi connectivity index (χ4v) is 1.23. The van der Waals surface area contributed by atoms with Crippen LogP contribution in [0.1, 0.15) is 11.1 Å². The number of nitriles is 1. The molecule has 1 aromatic rings. The van der Waals surface area contributed by atoms with Crippen LogP contribution >= 0.6 is 11.6 Å². The van der Waals surface area contributed by atoms with Crippen molar-refractivity contribution in [1.29, 1.82) is 5.26 Å². The molecule has 0 aliphatic heterocycles. The summed E-state index contributed by atoms with van der Waals surface area (Å²) in [5, 5.41) is 11.7. The lowest BCUT2D eigenvalue weighted by atomic mass is 10.1. The van der Waals surface area contributed by atoms with Crippen LogP contribution in [0.4, 0.5) is 0 Å². The zero-order valence-corrected chi connectivity index (χ0v) is 7.51. The van der Waals surface area contributed by atoms with Crippen LogP contribution in [0.5, 0.6) is 0 Å². The van der Waals surface area contributed by atoms with E-state index in [2.05, 4.69) is 5.32 Å². The Balaban J connectivity index is 3.02. The number of amides is 1. The third-order valence-electron chi connectivity index (χ3n) is 1.60.